The number of nitrogens with zero attached hydrogens (tertiary/aromatic N) is 3. The van der Waals surface area contributed by atoms with E-state index in [0.29, 0.717) is 18.4 Å². The molecule has 0 radical (unpaired) electrons. The highest BCUT2D eigenvalue weighted by molar-refractivity contribution is 5.95. The third-order valence-electron chi connectivity index (χ3n) is 3.91. The van der Waals surface area contributed by atoms with Crippen molar-refractivity contribution in [2.75, 3.05) is 13.2 Å². The third kappa shape index (κ3) is 3.15. The van der Waals surface area contributed by atoms with Gasteiger partial charge in [-0.05, 0) is 45.1 Å². The molecule has 0 bridgehead atoms. The van der Waals surface area contributed by atoms with Crippen molar-refractivity contribution in [3.05, 3.63) is 23.0 Å². The predicted octanol–water partition coefficient (Wildman–Crippen LogP) is 1.72. The summed E-state index contributed by atoms with van der Waals surface area (Å²) < 4.78 is 0. The molecule has 2 heterocycles. The minimum absolute atomic E-state index is 0.0398. The highest BCUT2D eigenvalue weighted by atomic mass is 16.3. The van der Waals surface area contributed by atoms with Crippen LogP contribution in [0.3, 0.4) is 0 Å². The van der Waals surface area contributed by atoms with Crippen molar-refractivity contribution in [3.8, 4) is 0 Å². The van der Waals surface area contributed by atoms with E-state index in [1.807, 2.05) is 24.8 Å². The molecule has 110 valence electrons. The maximum Gasteiger partial charge on any atom is 0.256 e. The van der Waals surface area contributed by atoms with E-state index in [4.69, 9.17) is 0 Å². The molecule has 1 aromatic rings. The van der Waals surface area contributed by atoms with Gasteiger partial charge in [-0.25, -0.2) is 0 Å². The Morgan fingerprint density at radius 2 is 2.25 bits per heavy atom. The fourth-order valence-electron chi connectivity index (χ4n) is 2.83. The number of rotatable bonds is 4. The average Bonchev–Trinajstić information content (AvgIpc) is 2.47. The zero-order chi connectivity index (χ0) is 14.5. The van der Waals surface area contributed by atoms with E-state index in [1.165, 1.54) is 0 Å². The number of aliphatic hydroxyl groups is 1. The molecule has 20 heavy (non-hydrogen) atoms. The molecule has 1 atom stereocenters. The summed E-state index contributed by atoms with van der Waals surface area (Å²) in [5.74, 6) is 0.0398. The Kier molecular flexibility index (Phi) is 5.06. The number of aromatic nitrogens is 2. The largest absolute Gasteiger partial charge is 0.396 e. The van der Waals surface area contributed by atoms with Crippen LogP contribution in [0.5, 0.6) is 0 Å². The van der Waals surface area contributed by atoms with E-state index in [0.717, 1.165) is 37.2 Å². The maximum atomic E-state index is 12.8. The molecule has 0 aliphatic carbocycles. The van der Waals surface area contributed by atoms with Crippen LogP contribution in [0.25, 0.3) is 0 Å². The zero-order valence-corrected chi connectivity index (χ0v) is 12.3. The van der Waals surface area contributed by atoms with Crippen LogP contribution < -0.4 is 0 Å². The topological polar surface area (TPSA) is 66.3 Å². The molecule has 1 amide bonds. The van der Waals surface area contributed by atoms with Gasteiger partial charge < -0.3 is 10.0 Å². The van der Waals surface area contributed by atoms with E-state index in [1.54, 1.807) is 0 Å². The summed E-state index contributed by atoms with van der Waals surface area (Å²) in [7, 11) is 0. The van der Waals surface area contributed by atoms with Gasteiger partial charge in [0.25, 0.3) is 5.91 Å². The molecule has 1 aromatic heterocycles. The van der Waals surface area contributed by atoms with Gasteiger partial charge in [0.05, 0.1) is 17.0 Å². The Hall–Kier alpha value is -1.49. The Morgan fingerprint density at radius 3 is 2.95 bits per heavy atom. The van der Waals surface area contributed by atoms with Gasteiger partial charge in [0.1, 0.15) is 0 Å². The van der Waals surface area contributed by atoms with Crippen molar-refractivity contribution < 1.29 is 9.90 Å². The Labute approximate surface area is 120 Å². The number of carbonyl (C=O) groups excluding carboxylic acids is 1. The molecule has 1 unspecified atom stereocenters. The SMILES string of the molecule is CCc1nnc(C)cc1C(=O)N1CCCCC1CCO. The smallest absolute Gasteiger partial charge is 0.256 e. The molecule has 2 rings (SSSR count). The first kappa shape index (κ1) is 14.9. The molecule has 1 aliphatic heterocycles. The van der Waals surface area contributed by atoms with Gasteiger partial charge in [0.2, 0.25) is 0 Å². The molecule has 1 N–H and O–H groups in total. The van der Waals surface area contributed by atoms with Gasteiger partial charge in [0, 0.05) is 19.2 Å². The van der Waals surface area contributed by atoms with Crippen LogP contribution in [0.2, 0.25) is 0 Å². The minimum Gasteiger partial charge on any atom is -0.396 e. The number of carbonyl (C=O) groups is 1. The van der Waals surface area contributed by atoms with E-state index >= 15 is 0 Å². The predicted molar refractivity (Wildman–Crippen MR) is 76.5 cm³/mol. The first-order valence-electron chi connectivity index (χ1n) is 7.42. The Balaban J connectivity index is 2.26. The fraction of sp³-hybridized carbons (Fsp3) is 0.667. The standard InChI is InChI=1S/C15H23N3O2/c1-3-14-13(10-11(2)16-17-14)15(20)18-8-5-4-6-12(18)7-9-19/h10,12,19H,3-9H2,1-2H3. The molecule has 5 nitrogen and oxygen atoms in total. The Bertz CT molecular complexity index is 474. The van der Waals surface area contributed by atoms with Crippen molar-refractivity contribution in [1.29, 1.82) is 0 Å². The summed E-state index contributed by atoms with van der Waals surface area (Å²) in [6.07, 6.45) is 4.50. The zero-order valence-electron chi connectivity index (χ0n) is 12.3. The van der Waals surface area contributed by atoms with E-state index in [9.17, 15) is 9.90 Å². The van der Waals surface area contributed by atoms with Crippen LogP contribution in [0.1, 0.15) is 54.4 Å². The summed E-state index contributed by atoms with van der Waals surface area (Å²) in [4.78, 5) is 14.7. The van der Waals surface area contributed by atoms with Gasteiger partial charge >= 0.3 is 0 Å². The first-order chi connectivity index (χ1) is 9.67. The molecule has 0 saturated carbocycles. The number of piperidine rings is 1. The summed E-state index contributed by atoms with van der Waals surface area (Å²) in [6, 6.07) is 1.98. The highest BCUT2D eigenvalue weighted by Crippen LogP contribution is 2.23. The van der Waals surface area contributed by atoms with Crippen LogP contribution in [-0.2, 0) is 6.42 Å². The number of hydrogen-bond acceptors (Lipinski definition) is 4. The number of aryl methyl sites for hydroxylation is 2. The second-order valence-electron chi connectivity index (χ2n) is 5.36. The van der Waals surface area contributed by atoms with Crippen molar-refractivity contribution in [2.24, 2.45) is 0 Å². The van der Waals surface area contributed by atoms with Crippen molar-refractivity contribution in [1.82, 2.24) is 15.1 Å². The van der Waals surface area contributed by atoms with Crippen LogP contribution in [-0.4, -0.2) is 45.3 Å². The second-order valence-corrected chi connectivity index (χ2v) is 5.36. The summed E-state index contributed by atoms with van der Waals surface area (Å²) in [5, 5.41) is 17.3. The van der Waals surface area contributed by atoms with E-state index < -0.39 is 0 Å². The van der Waals surface area contributed by atoms with Gasteiger partial charge in [-0.3, -0.25) is 4.79 Å². The summed E-state index contributed by atoms with van der Waals surface area (Å²) in [5.41, 5.74) is 2.19. The fourth-order valence-corrected chi connectivity index (χ4v) is 2.83. The van der Waals surface area contributed by atoms with Gasteiger partial charge in [-0.2, -0.15) is 10.2 Å². The lowest BCUT2D eigenvalue weighted by molar-refractivity contribution is 0.0572. The van der Waals surface area contributed by atoms with Gasteiger partial charge in [-0.15, -0.1) is 0 Å². The first-order valence-corrected chi connectivity index (χ1v) is 7.42. The molecular formula is C15H23N3O2. The highest BCUT2D eigenvalue weighted by Gasteiger charge is 2.28. The lowest BCUT2D eigenvalue weighted by Crippen LogP contribution is -2.44. The van der Waals surface area contributed by atoms with Crippen LogP contribution >= 0.6 is 0 Å². The van der Waals surface area contributed by atoms with Crippen LogP contribution in [0, 0.1) is 6.92 Å². The number of likely N-dealkylation sites (tertiary alicyclic amines) is 1. The molecule has 1 aliphatic rings. The second kappa shape index (κ2) is 6.79. The molecule has 5 heteroatoms. The molecular weight excluding hydrogens is 254 g/mol. The van der Waals surface area contributed by atoms with E-state index in [2.05, 4.69) is 10.2 Å². The van der Waals surface area contributed by atoms with Crippen LogP contribution in [0.4, 0.5) is 0 Å². The minimum atomic E-state index is 0.0398. The van der Waals surface area contributed by atoms with Gasteiger partial charge in [-0.1, -0.05) is 6.92 Å². The van der Waals surface area contributed by atoms with Crippen molar-refractivity contribution in [3.63, 3.8) is 0 Å². The van der Waals surface area contributed by atoms with Gasteiger partial charge in [0.15, 0.2) is 0 Å². The normalized spacial score (nSPS) is 19.1. The lowest BCUT2D eigenvalue weighted by Gasteiger charge is -2.35. The number of aliphatic hydroxyl groups excluding tert-OH is 1. The van der Waals surface area contributed by atoms with Crippen molar-refractivity contribution >= 4 is 5.91 Å². The lowest BCUT2D eigenvalue weighted by atomic mass is 9.98. The number of amides is 1. The average molecular weight is 277 g/mol. The van der Waals surface area contributed by atoms with E-state index in [-0.39, 0.29) is 18.6 Å². The molecule has 1 saturated heterocycles. The maximum absolute atomic E-state index is 12.8. The van der Waals surface area contributed by atoms with Crippen LogP contribution in [0.15, 0.2) is 6.07 Å². The van der Waals surface area contributed by atoms with Crippen molar-refractivity contribution in [2.45, 2.75) is 52.0 Å². The molecule has 0 spiro atoms. The Morgan fingerprint density at radius 1 is 1.45 bits per heavy atom. The molecule has 0 aromatic carbocycles. The molecule has 1 fully saturated rings. The number of hydrogen-bond donors (Lipinski definition) is 1. The monoisotopic (exact) mass is 277 g/mol. The summed E-state index contributed by atoms with van der Waals surface area (Å²) >= 11 is 0. The quantitative estimate of drug-likeness (QED) is 0.910. The summed E-state index contributed by atoms with van der Waals surface area (Å²) in [6.45, 7) is 4.74. The third-order valence-corrected chi connectivity index (χ3v) is 3.91.